The molecule has 0 N–H and O–H groups in total. The van der Waals surface area contributed by atoms with Crippen LogP contribution in [0.5, 0.6) is 0 Å². The summed E-state index contributed by atoms with van der Waals surface area (Å²) in [6.45, 7) is 1.24. The fourth-order valence-electron chi connectivity index (χ4n) is 0.376. The monoisotopic (exact) mass is 242 g/mol. The van der Waals surface area contributed by atoms with Gasteiger partial charge in [-0.2, -0.15) is 0 Å². The molecule has 0 radical (unpaired) electrons. The van der Waals surface area contributed by atoms with Gasteiger partial charge in [0.25, 0.3) is 0 Å². The maximum Gasteiger partial charge on any atom is 0.212 e. The predicted molar refractivity (Wildman–Crippen MR) is 36.8 cm³/mol. The summed E-state index contributed by atoms with van der Waals surface area (Å²) >= 11 is 6.28. The number of hydrogen-bond acceptors (Lipinski definition) is 2. The Balaban J connectivity index is 2.60. The molecule has 0 aromatic heterocycles. The first kappa shape index (κ1) is 6.42. The Morgan fingerprint density at radius 3 is 1.62 bits per heavy atom. The maximum absolute atomic E-state index is 5.01. The number of hydrogen-bond donors (Lipinski definition) is 0. The van der Waals surface area contributed by atoms with E-state index >= 15 is 0 Å². The van der Waals surface area contributed by atoms with Gasteiger partial charge in [0, 0.05) is 0 Å². The van der Waals surface area contributed by atoms with Crippen LogP contribution in [-0.2, 0) is 9.47 Å². The van der Waals surface area contributed by atoms with Gasteiger partial charge in [-0.1, -0.05) is 0 Å². The van der Waals surface area contributed by atoms with Gasteiger partial charge in [0.1, 0.15) is 13.2 Å². The molecule has 0 aromatic rings. The third-order valence-corrected chi connectivity index (χ3v) is 2.41. The molecule has 0 atom stereocenters. The van der Waals surface area contributed by atoms with E-state index in [2.05, 4.69) is 31.9 Å². The van der Waals surface area contributed by atoms with Crippen molar-refractivity contribution < 1.29 is 9.47 Å². The van der Waals surface area contributed by atoms with Crippen molar-refractivity contribution in [2.24, 2.45) is 0 Å². The molecule has 0 saturated heterocycles. The minimum atomic E-state index is 0.621. The molecule has 1 rings (SSSR count). The first-order chi connectivity index (χ1) is 3.80. The molecule has 0 unspecified atom stereocenters. The Hall–Kier alpha value is 0.300. The van der Waals surface area contributed by atoms with Gasteiger partial charge in [-0.15, -0.1) is 0 Å². The molecule has 2 nitrogen and oxygen atoms in total. The van der Waals surface area contributed by atoms with Crippen LogP contribution in [0.4, 0.5) is 0 Å². The van der Waals surface area contributed by atoms with E-state index in [4.69, 9.17) is 9.47 Å². The van der Waals surface area contributed by atoms with Gasteiger partial charge in [-0.3, -0.25) is 0 Å². The average molecular weight is 244 g/mol. The van der Waals surface area contributed by atoms with Crippen molar-refractivity contribution >= 4 is 31.9 Å². The highest BCUT2D eigenvalue weighted by Crippen LogP contribution is 2.22. The lowest BCUT2D eigenvalue weighted by molar-refractivity contribution is 0.0969. The molecule has 0 aromatic carbocycles. The summed E-state index contributed by atoms with van der Waals surface area (Å²) in [4.78, 5) is 0. The van der Waals surface area contributed by atoms with Crippen LogP contribution in [0.1, 0.15) is 0 Å². The number of halogens is 2. The van der Waals surface area contributed by atoms with Crippen LogP contribution < -0.4 is 0 Å². The van der Waals surface area contributed by atoms with Crippen LogP contribution in [0.15, 0.2) is 9.34 Å². The molecule has 46 valence electrons. The third-order valence-electron chi connectivity index (χ3n) is 0.695. The molecule has 1 aliphatic rings. The van der Waals surface area contributed by atoms with E-state index in [1.54, 1.807) is 0 Å². The second-order valence-electron chi connectivity index (χ2n) is 1.24. The van der Waals surface area contributed by atoms with Gasteiger partial charge in [0.15, 0.2) is 0 Å². The van der Waals surface area contributed by atoms with Crippen molar-refractivity contribution in [1.29, 1.82) is 0 Å². The molecule has 0 fully saturated rings. The van der Waals surface area contributed by atoms with Gasteiger partial charge in [-0.05, 0) is 31.9 Å². The van der Waals surface area contributed by atoms with E-state index in [-0.39, 0.29) is 0 Å². The van der Waals surface area contributed by atoms with Gasteiger partial charge in [-0.25, -0.2) is 0 Å². The van der Waals surface area contributed by atoms with Gasteiger partial charge in [0.05, 0.1) is 0 Å². The smallest absolute Gasteiger partial charge is 0.212 e. The Labute approximate surface area is 64.1 Å². The van der Waals surface area contributed by atoms with E-state index in [1.807, 2.05) is 0 Å². The Kier molecular flexibility index (Phi) is 2.19. The topological polar surface area (TPSA) is 18.5 Å². The van der Waals surface area contributed by atoms with Crippen LogP contribution in [0.25, 0.3) is 0 Å². The van der Waals surface area contributed by atoms with Crippen molar-refractivity contribution in [2.45, 2.75) is 0 Å². The quantitative estimate of drug-likeness (QED) is 0.648. The summed E-state index contributed by atoms with van der Waals surface area (Å²) < 4.78 is 11.3. The normalized spacial score (nSPS) is 19.8. The first-order valence-corrected chi connectivity index (χ1v) is 3.70. The van der Waals surface area contributed by atoms with Crippen LogP contribution in [0.2, 0.25) is 0 Å². The molecule has 8 heavy (non-hydrogen) atoms. The summed E-state index contributed by atoms with van der Waals surface area (Å²) in [6, 6.07) is 0. The average Bonchev–Trinajstić information content (AvgIpc) is 1.77. The van der Waals surface area contributed by atoms with E-state index in [0.717, 1.165) is 0 Å². The van der Waals surface area contributed by atoms with Gasteiger partial charge >= 0.3 is 0 Å². The van der Waals surface area contributed by atoms with Gasteiger partial charge in [0.2, 0.25) is 9.34 Å². The zero-order valence-electron chi connectivity index (χ0n) is 3.99. The summed E-state index contributed by atoms with van der Waals surface area (Å²) in [5.41, 5.74) is 0. The second kappa shape index (κ2) is 2.73. The fraction of sp³-hybridized carbons (Fsp3) is 0.500. The molecule has 0 aliphatic carbocycles. The lowest BCUT2D eigenvalue weighted by Crippen LogP contribution is -2.07. The number of ether oxygens (including phenoxy) is 2. The van der Waals surface area contributed by atoms with Crippen molar-refractivity contribution in [3.63, 3.8) is 0 Å². The molecule has 4 heteroatoms. The SMILES string of the molecule is BrC1=C(Br)OCCO1. The van der Waals surface area contributed by atoms with E-state index in [1.165, 1.54) is 0 Å². The van der Waals surface area contributed by atoms with Crippen molar-refractivity contribution in [3.8, 4) is 0 Å². The maximum atomic E-state index is 5.01. The summed E-state index contributed by atoms with van der Waals surface area (Å²) in [5, 5.41) is 0. The zero-order chi connectivity index (χ0) is 5.98. The van der Waals surface area contributed by atoms with Crippen LogP contribution >= 0.6 is 31.9 Å². The standard InChI is InChI=1S/C4H4Br2O2/c5-3-4(6)8-2-1-7-3/h1-2H2. The molecule has 1 heterocycles. The lowest BCUT2D eigenvalue weighted by Gasteiger charge is -2.13. The van der Waals surface area contributed by atoms with Gasteiger partial charge < -0.3 is 9.47 Å². The van der Waals surface area contributed by atoms with E-state index in [9.17, 15) is 0 Å². The Bertz CT molecular complexity index is 107. The minimum absolute atomic E-state index is 0.621. The number of rotatable bonds is 0. The molecule has 0 saturated carbocycles. The summed E-state index contributed by atoms with van der Waals surface area (Å²) in [7, 11) is 0. The summed E-state index contributed by atoms with van der Waals surface area (Å²) in [6.07, 6.45) is 0. The molecular formula is C4H4Br2O2. The molecule has 0 bridgehead atoms. The third kappa shape index (κ3) is 1.39. The van der Waals surface area contributed by atoms with Crippen molar-refractivity contribution in [2.75, 3.05) is 13.2 Å². The van der Waals surface area contributed by atoms with Crippen molar-refractivity contribution in [3.05, 3.63) is 9.34 Å². The highest BCUT2D eigenvalue weighted by molar-refractivity contribution is 9.14. The van der Waals surface area contributed by atoms with E-state index in [0.29, 0.717) is 22.6 Å². The zero-order valence-corrected chi connectivity index (χ0v) is 7.16. The van der Waals surface area contributed by atoms with Crippen molar-refractivity contribution in [1.82, 2.24) is 0 Å². The highest BCUT2D eigenvalue weighted by Gasteiger charge is 2.07. The van der Waals surface area contributed by atoms with E-state index < -0.39 is 0 Å². The Morgan fingerprint density at radius 1 is 1.00 bits per heavy atom. The minimum Gasteiger partial charge on any atom is -0.480 e. The second-order valence-corrected chi connectivity index (χ2v) is 2.68. The van der Waals surface area contributed by atoms with Crippen LogP contribution in [-0.4, -0.2) is 13.2 Å². The van der Waals surface area contributed by atoms with Crippen LogP contribution in [0, 0.1) is 0 Å². The molecular weight excluding hydrogens is 240 g/mol. The fourth-order valence-corrected chi connectivity index (χ4v) is 0.929. The molecule has 1 aliphatic heterocycles. The molecule has 0 spiro atoms. The van der Waals surface area contributed by atoms with Crippen LogP contribution in [0.3, 0.4) is 0 Å². The largest absolute Gasteiger partial charge is 0.480 e. The predicted octanol–water partition coefficient (Wildman–Crippen LogP) is 1.95. The summed E-state index contributed by atoms with van der Waals surface area (Å²) in [5.74, 6) is 0. The molecule has 0 amide bonds. The first-order valence-electron chi connectivity index (χ1n) is 2.11. The lowest BCUT2D eigenvalue weighted by atomic mass is 10.7. The Morgan fingerprint density at radius 2 is 1.38 bits per heavy atom. The highest BCUT2D eigenvalue weighted by atomic mass is 79.9.